The van der Waals surface area contributed by atoms with E-state index in [4.69, 9.17) is 9.47 Å². The van der Waals surface area contributed by atoms with E-state index in [1.165, 1.54) is 6.20 Å². The van der Waals surface area contributed by atoms with Gasteiger partial charge in [0, 0.05) is 12.4 Å². The third-order valence-electron chi connectivity index (χ3n) is 3.44. The molecule has 0 radical (unpaired) electrons. The molecular formula is C19H23N3O3. The van der Waals surface area contributed by atoms with Crippen molar-refractivity contribution in [2.24, 2.45) is 11.0 Å². The highest BCUT2D eigenvalue weighted by Crippen LogP contribution is 2.27. The van der Waals surface area contributed by atoms with Gasteiger partial charge in [0.05, 0.1) is 25.5 Å². The average molecular weight is 341 g/mol. The lowest BCUT2D eigenvalue weighted by molar-refractivity contribution is 0.0955. The fourth-order valence-electron chi connectivity index (χ4n) is 2.02. The molecule has 1 aromatic heterocycles. The van der Waals surface area contributed by atoms with Crippen molar-refractivity contribution >= 4 is 12.1 Å². The van der Waals surface area contributed by atoms with Gasteiger partial charge >= 0.3 is 0 Å². The number of nitrogens with zero attached hydrogens (tertiary/aromatic N) is 2. The van der Waals surface area contributed by atoms with Crippen LogP contribution in [0.3, 0.4) is 0 Å². The molecule has 1 amide bonds. The Morgan fingerprint density at radius 1 is 1.32 bits per heavy atom. The van der Waals surface area contributed by atoms with Crippen LogP contribution in [0.25, 0.3) is 0 Å². The summed E-state index contributed by atoms with van der Waals surface area (Å²) in [5.74, 6) is 1.59. The summed E-state index contributed by atoms with van der Waals surface area (Å²) in [7, 11) is 1.59. The van der Waals surface area contributed by atoms with Crippen molar-refractivity contribution < 1.29 is 14.3 Å². The van der Waals surface area contributed by atoms with Crippen LogP contribution in [0.1, 0.15) is 36.2 Å². The molecule has 0 unspecified atom stereocenters. The lowest BCUT2D eigenvalue weighted by Gasteiger charge is -2.12. The van der Waals surface area contributed by atoms with Crippen molar-refractivity contribution in [3.63, 3.8) is 0 Å². The number of hydrogen-bond donors (Lipinski definition) is 1. The third-order valence-corrected chi connectivity index (χ3v) is 3.44. The minimum atomic E-state index is -0.315. The van der Waals surface area contributed by atoms with E-state index in [2.05, 4.69) is 29.4 Å². The van der Waals surface area contributed by atoms with Crippen LogP contribution >= 0.6 is 0 Å². The van der Waals surface area contributed by atoms with Crippen molar-refractivity contribution in [2.75, 3.05) is 13.7 Å². The van der Waals surface area contributed by atoms with E-state index in [9.17, 15) is 4.79 Å². The summed E-state index contributed by atoms with van der Waals surface area (Å²) < 4.78 is 11.1. The lowest BCUT2D eigenvalue weighted by Crippen LogP contribution is -2.17. The molecule has 1 heterocycles. The van der Waals surface area contributed by atoms with Crippen LogP contribution in [0.15, 0.2) is 47.8 Å². The second-order valence-electron chi connectivity index (χ2n) is 5.88. The molecular weight excluding hydrogens is 318 g/mol. The van der Waals surface area contributed by atoms with E-state index in [1.54, 1.807) is 31.7 Å². The molecule has 0 aliphatic carbocycles. The van der Waals surface area contributed by atoms with Gasteiger partial charge in [-0.2, -0.15) is 5.10 Å². The molecule has 0 saturated carbocycles. The van der Waals surface area contributed by atoms with Gasteiger partial charge in [0.2, 0.25) is 0 Å². The summed E-state index contributed by atoms with van der Waals surface area (Å²) >= 11 is 0. The van der Waals surface area contributed by atoms with Crippen molar-refractivity contribution in [1.29, 1.82) is 0 Å². The second kappa shape index (κ2) is 9.42. The topological polar surface area (TPSA) is 72.8 Å². The zero-order valence-corrected chi connectivity index (χ0v) is 14.7. The number of benzene rings is 1. The Kier molecular flexibility index (Phi) is 6.95. The maximum Gasteiger partial charge on any atom is 0.272 e. The molecule has 1 aromatic carbocycles. The maximum atomic E-state index is 11.9. The molecule has 0 bridgehead atoms. The highest BCUT2D eigenvalue weighted by atomic mass is 16.5. The Bertz CT molecular complexity index is 715. The molecule has 1 N–H and O–H groups in total. The minimum Gasteiger partial charge on any atom is -0.493 e. The van der Waals surface area contributed by atoms with Crippen LogP contribution in [0.5, 0.6) is 11.5 Å². The zero-order valence-electron chi connectivity index (χ0n) is 14.7. The number of hydrogen-bond acceptors (Lipinski definition) is 5. The first kappa shape index (κ1) is 18.4. The van der Waals surface area contributed by atoms with Gasteiger partial charge in [0.1, 0.15) is 0 Å². The number of amides is 1. The smallest absolute Gasteiger partial charge is 0.272 e. The number of hydrazone groups is 1. The summed E-state index contributed by atoms with van der Waals surface area (Å²) in [6.07, 6.45) is 5.62. The van der Waals surface area contributed by atoms with E-state index in [1.807, 2.05) is 18.2 Å². The predicted molar refractivity (Wildman–Crippen MR) is 97.2 cm³/mol. The Hall–Kier alpha value is -2.89. The molecule has 0 aliphatic heterocycles. The SMILES string of the molecule is COc1cc(/C=N/NC(=O)c2cccnc2)ccc1OCCC(C)C. The fourth-order valence-corrected chi connectivity index (χ4v) is 2.02. The van der Waals surface area contributed by atoms with E-state index in [-0.39, 0.29) is 5.91 Å². The summed E-state index contributed by atoms with van der Waals surface area (Å²) in [6, 6.07) is 8.87. The average Bonchev–Trinajstić information content (AvgIpc) is 2.63. The molecule has 25 heavy (non-hydrogen) atoms. The number of nitrogens with one attached hydrogen (secondary N) is 1. The first-order chi connectivity index (χ1) is 12.1. The number of rotatable bonds is 8. The Morgan fingerprint density at radius 2 is 2.16 bits per heavy atom. The van der Waals surface area contributed by atoms with Crippen LogP contribution in [-0.4, -0.2) is 30.8 Å². The van der Waals surface area contributed by atoms with Crippen LogP contribution in [0.4, 0.5) is 0 Å². The summed E-state index contributed by atoms with van der Waals surface area (Å²) in [6.45, 7) is 4.95. The monoisotopic (exact) mass is 341 g/mol. The summed E-state index contributed by atoms with van der Waals surface area (Å²) in [5, 5.41) is 3.96. The minimum absolute atomic E-state index is 0.315. The lowest BCUT2D eigenvalue weighted by atomic mass is 10.1. The molecule has 0 spiro atoms. The van der Waals surface area contributed by atoms with Gasteiger partial charge in [0.15, 0.2) is 11.5 Å². The molecule has 6 nitrogen and oxygen atoms in total. The second-order valence-corrected chi connectivity index (χ2v) is 5.88. The molecule has 2 rings (SSSR count). The molecule has 0 aliphatic rings. The standard InChI is InChI=1S/C19H23N3O3/c1-14(2)8-10-25-17-7-6-15(11-18(17)24-3)12-21-22-19(23)16-5-4-9-20-13-16/h4-7,9,11-14H,8,10H2,1-3H3,(H,22,23)/b21-12+. The van der Waals surface area contributed by atoms with Gasteiger partial charge in [0.25, 0.3) is 5.91 Å². The van der Waals surface area contributed by atoms with E-state index in [0.29, 0.717) is 29.6 Å². The van der Waals surface area contributed by atoms with E-state index >= 15 is 0 Å². The van der Waals surface area contributed by atoms with E-state index in [0.717, 1.165) is 12.0 Å². The third kappa shape index (κ3) is 5.91. The van der Waals surface area contributed by atoms with Crippen molar-refractivity contribution in [2.45, 2.75) is 20.3 Å². The number of pyridine rings is 1. The Balaban J connectivity index is 1.96. The van der Waals surface area contributed by atoms with Gasteiger partial charge < -0.3 is 9.47 Å². The predicted octanol–water partition coefficient (Wildman–Crippen LogP) is 3.28. The number of aromatic nitrogens is 1. The van der Waals surface area contributed by atoms with Crippen molar-refractivity contribution in [3.8, 4) is 11.5 Å². The van der Waals surface area contributed by atoms with Crippen molar-refractivity contribution in [3.05, 3.63) is 53.9 Å². The van der Waals surface area contributed by atoms with Gasteiger partial charge in [-0.05, 0) is 48.2 Å². The van der Waals surface area contributed by atoms with E-state index < -0.39 is 0 Å². The Labute approximate surface area is 147 Å². The number of ether oxygens (including phenoxy) is 2. The Morgan fingerprint density at radius 3 is 2.84 bits per heavy atom. The first-order valence-corrected chi connectivity index (χ1v) is 8.14. The first-order valence-electron chi connectivity index (χ1n) is 8.14. The molecule has 0 saturated heterocycles. The van der Waals surface area contributed by atoms with Crippen LogP contribution < -0.4 is 14.9 Å². The molecule has 0 fully saturated rings. The molecule has 0 atom stereocenters. The highest BCUT2D eigenvalue weighted by molar-refractivity contribution is 5.94. The van der Waals surface area contributed by atoms with Gasteiger partial charge in [-0.3, -0.25) is 9.78 Å². The fraction of sp³-hybridized carbons (Fsp3) is 0.316. The molecule has 2 aromatic rings. The quantitative estimate of drug-likeness (QED) is 0.591. The summed E-state index contributed by atoms with van der Waals surface area (Å²) in [5.41, 5.74) is 3.71. The largest absolute Gasteiger partial charge is 0.493 e. The molecule has 6 heteroatoms. The van der Waals surface area contributed by atoms with Crippen LogP contribution in [0.2, 0.25) is 0 Å². The summed E-state index contributed by atoms with van der Waals surface area (Å²) in [4.78, 5) is 15.8. The van der Waals surface area contributed by atoms with Gasteiger partial charge in [-0.25, -0.2) is 5.43 Å². The van der Waals surface area contributed by atoms with Crippen LogP contribution in [-0.2, 0) is 0 Å². The molecule has 132 valence electrons. The zero-order chi connectivity index (χ0) is 18.1. The number of carbonyl (C=O) groups excluding carboxylic acids is 1. The number of carbonyl (C=O) groups is 1. The normalized spacial score (nSPS) is 10.9. The highest BCUT2D eigenvalue weighted by Gasteiger charge is 2.06. The van der Waals surface area contributed by atoms with Crippen LogP contribution in [0, 0.1) is 5.92 Å². The maximum absolute atomic E-state index is 11.9. The van der Waals surface area contributed by atoms with Gasteiger partial charge in [-0.1, -0.05) is 13.8 Å². The van der Waals surface area contributed by atoms with Crippen molar-refractivity contribution in [1.82, 2.24) is 10.4 Å². The number of methoxy groups -OCH3 is 1. The van der Waals surface area contributed by atoms with Gasteiger partial charge in [-0.15, -0.1) is 0 Å².